The van der Waals surface area contributed by atoms with Crippen LogP contribution in [0.1, 0.15) is 18.5 Å². The van der Waals surface area contributed by atoms with Crippen molar-refractivity contribution >= 4 is 42.6 Å². The lowest BCUT2D eigenvalue weighted by atomic mass is 10.1. The highest BCUT2D eigenvalue weighted by atomic mass is 79.9. The molecule has 0 aliphatic rings. The summed E-state index contributed by atoms with van der Waals surface area (Å²) < 4.78 is 15.1. The summed E-state index contributed by atoms with van der Waals surface area (Å²) in [5.74, 6) is -0.217. The highest BCUT2D eigenvalue weighted by Crippen LogP contribution is 2.30. The first kappa shape index (κ1) is 13.5. The number of fused-ring (bicyclic) bond motifs is 1. The Morgan fingerprint density at radius 1 is 1.20 bits per heavy atom. The van der Waals surface area contributed by atoms with Gasteiger partial charge in [0.25, 0.3) is 0 Å². The molecule has 3 aromatic rings. The Morgan fingerprint density at radius 2 is 1.95 bits per heavy atom. The third kappa shape index (κ3) is 2.83. The third-order valence-electron chi connectivity index (χ3n) is 3.06. The normalized spacial score (nSPS) is 12.6. The minimum Gasteiger partial charge on any atom is -0.355 e. The summed E-state index contributed by atoms with van der Waals surface area (Å²) in [6.45, 7) is 2.04. The maximum atomic E-state index is 12.9. The van der Waals surface area contributed by atoms with E-state index in [1.54, 1.807) is 23.5 Å². The number of thiazole rings is 1. The van der Waals surface area contributed by atoms with Crippen LogP contribution in [0.3, 0.4) is 0 Å². The van der Waals surface area contributed by atoms with Crippen LogP contribution in [0, 0.1) is 5.82 Å². The van der Waals surface area contributed by atoms with Crippen molar-refractivity contribution in [3.05, 3.63) is 58.3 Å². The fourth-order valence-electron chi connectivity index (χ4n) is 1.98. The number of nitrogens with one attached hydrogen (secondary N) is 1. The number of halogens is 2. The van der Waals surface area contributed by atoms with E-state index in [-0.39, 0.29) is 11.9 Å². The summed E-state index contributed by atoms with van der Waals surface area (Å²) in [7, 11) is 0. The van der Waals surface area contributed by atoms with Gasteiger partial charge in [0.05, 0.1) is 16.3 Å². The maximum absolute atomic E-state index is 12.9. The third-order valence-corrected chi connectivity index (χ3v) is 4.50. The lowest BCUT2D eigenvalue weighted by molar-refractivity contribution is 0.626. The van der Waals surface area contributed by atoms with Crippen molar-refractivity contribution < 1.29 is 4.39 Å². The quantitative estimate of drug-likeness (QED) is 0.686. The van der Waals surface area contributed by atoms with Crippen molar-refractivity contribution in [2.75, 3.05) is 5.32 Å². The van der Waals surface area contributed by atoms with Crippen LogP contribution in [0.4, 0.5) is 9.52 Å². The highest BCUT2D eigenvalue weighted by Gasteiger charge is 2.09. The zero-order valence-electron chi connectivity index (χ0n) is 10.7. The Morgan fingerprint density at radius 3 is 2.70 bits per heavy atom. The molecule has 102 valence electrons. The van der Waals surface area contributed by atoms with Crippen molar-refractivity contribution in [2.45, 2.75) is 13.0 Å². The molecule has 0 aliphatic heterocycles. The molecular weight excluding hydrogens is 339 g/mol. The fourth-order valence-corrected chi connectivity index (χ4v) is 3.48. The molecule has 1 heterocycles. The number of benzene rings is 2. The Hall–Kier alpha value is -1.46. The van der Waals surface area contributed by atoms with Crippen molar-refractivity contribution in [2.24, 2.45) is 0 Å². The SMILES string of the molecule is CC(Nc1nc2ccc(Br)cc2s1)c1ccc(F)cc1. The van der Waals surface area contributed by atoms with Crippen LogP contribution in [0.2, 0.25) is 0 Å². The van der Waals surface area contributed by atoms with Crippen molar-refractivity contribution in [1.82, 2.24) is 4.98 Å². The Bertz CT molecular complexity index is 739. The molecule has 20 heavy (non-hydrogen) atoms. The lowest BCUT2D eigenvalue weighted by Crippen LogP contribution is -2.06. The van der Waals surface area contributed by atoms with Gasteiger partial charge in [-0.1, -0.05) is 39.4 Å². The average Bonchev–Trinajstić information content (AvgIpc) is 2.80. The summed E-state index contributed by atoms with van der Waals surface area (Å²) in [6, 6.07) is 12.6. The van der Waals surface area contributed by atoms with E-state index in [2.05, 4.69) is 32.3 Å². The van der Waals surface area contributed by atoms with E-state index in [0.29, 0.717) is 0 Å². The van der Waals surface area contributed by atoms with Gasteiger partial charge in [0.1, 0.15) is 5.82 Å². The van der Waals surface area contributed by atoms with Gasteiger partial charge in [-0.25, -0.2) is 9.37 Å². The largest absolute Gasteiger partial charge is 0.355 e. The first-order valence-corrected chi connectivity index (χ1v) is 7.81. The molecule has 0 saturated heterocycles. The zero-order valence-corrected chi connectivity index (χ0v) is 13.1. The fraction of sp³-hybridized carbons (Fsp3) is 0.133. The van der Waals surface area contributed by atoms with Crippen LogP contribution in [-0.4, -0.2) is 4.98 Å². The van der Waals surface area contributed by atoms with E-state index in [1.165, 1.54) is 12.1 Å². The summed E-state index contributed by atoms with van der Waals surface area (Å²) in [5, 5.41) is 4.23. The number of hydrogen-bond donors (Lipinski definition) is 1. The van der Waals surface area contributed by atoms with E-state index in [1.807, 2.05) is 19.1 Å². The molecule has 0 amide bonds. The van der Waals surface area contributed by atoms with Crippen LogP contribution >= 0.6 is 27.3 Å². The second kappa shape index (κ2) is 5.50. The standard InChI is InChI=1S/C15H12BrFN2S/c1-9(10-2-5-12(17)6-3-10)18-15-19-13-7-4-11(16)8-14(13)20-15/h2-9H,1H3,(H,18,19). The molecule has 5 heteroatoms. The van der Waals surface area contributed by atoms with Crippen molar-refractivity contribution in [1.29, 1.82) is 0 Å². The van der Waals surface area contributed by atoms with E-state index >= 15 is 0 Å². The minimum atomic E-state index is -0.217. The molecule has 1 unspecified atom stereocenters. The monoisotopic (exact) mass is 350 g/mol. The van der Waals surface area contributed by atoms with Gasteiger partial charge in [-0.15, -0.1) is 0 Å². The predicted molar refractivity (Wildman–Crippen MR) is 85.8 cm³/mol. The molecule has 0 radical (unpaired) electrons. The maximum Gasteiger partial charge on any atom is 0.184 e. The van der Waals surface area contributed by atoms with E-state index in [0.717, 1.165) is 25.4 Å². The van der Waals surface area contributed by atoms with E-state index in [4.69, 9.17) is 0 Å². The van der Waals surface area contributed by atoms with E-state index < -0.39 is 0 Å². The molecule has 0 aliphatic carbocycles. The van der Waals surface area contributed by atoms with Gasteiger partial charge >= 0.3 is 0 Å². The Balaban J connectivity index is 1.83. The molecule has 1 aromatic heterocycles. The molecule has 0 saturated carbocycles. The van der Waals surface area contributed by atoms with Crippen LogP contribution in [0.15, 0.2) is 46.9 Å². The van der Waals surface area contributed by atoms with Gasteiger partial charge in [0.15, 0.2) is 5.13 Å². The molecule has 3 rings (SSSR count). The number of hydrogen-bond acceptors (Lipinski definition) is 3. The predicted octanol–water partition coefficient (Wildman–Crippen LogP) is 5.37. The van der Waals surface area contributed by atoms with Crippen LogP contribution in [-0.2, 0) is 0 Å². The molecule has 1 atom stereocenters. The summed E-state index contributed by atoms with van der Waals surface area (Å²) in [5.41, 5.74) is 2.01. The topological polar surface area (TPSA) is 24.9 Å². The molecule has 0 bridgehead atoms. The molecule has 0 spiro atoms. The van der Waals surface area contributed by atoms with Gasteiger partial charge in [-0.2, -0.15) is 0 Å². The van der Waals surface area contributed by atoms with Gasteiger partial charge < -0.3 is 5.32 Å². The van der Waals surface area contributed by atoms with Gasteiger partial charge in [0.2, 0.25) is 0 Å². The number of nitrogens with zero attached hydrogens (tertiary/aromatic N) is 1. The number of anilines is 1. The summed E-state index contributed by atoms with van der Waals surface area (Å²) >= 11 is 5.07. The first-order chi connectivity index (χ1) is 9.61. The van der Waals surface area contributed by atoms with Crippen molar-refractivity contribution in [3.8, 4) is 0 Å². The summed E-state index contributed by atoms with van der Waals surface area (Å²) in [6.07, 6.45) is 0. The van der Waals surface area contributed by atoms with Gasteiger partial charge in [0, 0.05) is 4.47 Å². The van der Waals surface area contributed by atoms with Gasteiger partial charge in [-0.3, -0.25) is 0 Å². The van der Waals surface area contributed by atoms with E-state index in [9.17, 15) is 4.39 Å². The van der Waals surface area contributed by atoms with Crippen LogP contribution < -0.4 is 5.32 Å². The van der Waals surface area contributed by atoms with Crippen molar-refractivity contribution in [3.63, 3.8) is 0 Å². The Labute approximate surface area is 128 Å². The molecule has 0 fully saturated rings. The second-order valence-corrected chi connectivity index (χ2v) is 6.49. The highest BCUT2D eigenvalue weighted by molar-refractivity contribution is 9.10. The lowest BCUT2D eigenvalue weighted by Gasteiger charge is -2.12. The van der Waals surface area contributed by atoms with Crippen LogP contribution in [0.5, 0.6) is 0 Å². The number of rotatable bonds is 3. The molecule has 1 N–H and O–H groups in total. The van der Waals surface area contributed by atoms with Gasteiger partial charge in [-0.05, 0) is 42.8 Å². The molecular formula is C15H12BrFN2S. The number of aromatic nitrogens is 1. The minimum absolute atomic E-state index is 0.0830. The van der Waals surface area contributed by atoms with Crippen LogP contribution in [0.25, 0.3) is 10.2 Å². The second-order valence-electron chi connectivity index (χ2n) is 4.55. The summed E-state index contributed by atoms with van der Waals surface area (Å²) in [4.78, 5) is 4.55. The average molecular weight is 351 g/mol. The zero-order chi connectivity index (χ0) is 14.1. The Kier molecular flexibility index (Phi) is 3.72. The molecule has 2 nitrogen and oxygen atoms in total. The molecule has 2 aromatic carbocycles. The first-order valence-electron chi connectivity index (χ1n) is 6.20. The smallest absolute Gasteiger partial charge is 0.184 e.